The van der Waals surface area contributed by atoms with E-state index in [-0.39, 0.29) is 5.91 Å². The van der Waals surface area contributed by atoms with Crippen molar-refractivity contribution in [2.45, 2.75) is 18.9 Å². The van der Waals surface area contributed by atoms with E-state index in [0.29, 0.717) is 24.8 Å². The largest absolute Gasteiger partial charge is 0.364 e. The van der Waals surface area contributed by atoms with Gasteiger partial charge in [0.05, 0.1) is 0 Å². The molecule has 2 aromatic heterocycles. The highest BCUT2D eigenvalue weighted by molar-refractivity contribution is 5.98. The van der Waals surface area contributed by atoms with Gasteiger partial charge in [-0.05, 0) is 25.0 Å². The van der Waals surface area contributed by atoms with E-state index >= 15 is 0 Å². The van der Waals surface area contributed by atoms with Crippen molar-refractivity contribution in [2.24, 2.45) is 0 Å². The minimum absolute atomic E-state index is 0.0568. The third-order valence-corrected chi connectivity index (χ3v) is 5.22. The number of rotatable bonds is 4. The van der Waals surface area contributed by atoms with Gasteiger partial charge in [0.2, 0.25) is 0 Å². The van der Waals surface area contributed by atoms with Crippen molar-refractivity contribution >= 4 is 28.4 Å². The molecule has 0 bridgehead atoms. The van der Waals surface area contributed by atoms with Gasteiger partial charge >= 0.3 is 0 Å². The Labute approximate surface area is 157 Å². The van der Waals surface area contributed by atoms with E-state index in [1.165, 1.54) is 12.8 Å². The molecule has 3 aromatic rings. The Bertz CT molecular complexity index is 938. The van der Waals surface area contributed by atoms with Crippen molar-refractivity contribution in [1.29, 1.82) is 0 Å². The number of benzene rings is 1. The van der Waals surface area contributed by atoms with Crippen LogP contribution >= 0.6 is 0 Å². The third-order valence-electron chi connectivity index (χ3n) is 5.22. The van der Waals surface area contributed by atoms with Gasteiger partial charge in [-0.1, -0.05) is 18.2 Å². The van der Waals surface area contributed by atoms with E-state index in [0.717, 1.165) is 35.6 Å². The lowest BCUT2D eigenvalue weighted by molar-refractivity contribution is 0.0741. The molecule has 138 valence electrons. The molecule has 0 spiro atoms. The number of nitrogens with one attached hydrogen (secondary N) is 2. The van der Waals surface area contributed by atoms with E-state index in [1.54, 1.807) is 12.4 Å². The molecule has 1 amide bonds. The average molecular weight is 362 g/mol. The summed E-state index contributed by atoms with van der Waals surface area (Å²) in [5.74, 6) is 1.80. The molecule has 2 N–H and O–H groups in total. The number of piperazine rings is 1. The van der Waals surface area contributed by atoms with Crippen molar-refractivity contribution < 1.29 is 4.79 Å². The summed E-state index contributed by atoms with van der Waals surface area (Å²) in [6.45, 7) is 2.86. The molecule has 7 heteroatoms. The topological polar surface area (TPSA) is 77.2 Å². The molecule has 1 aromatic carbocycles. The van der Waals surface area contributed by atoms with Gasteiger partial charge < -0.3 is 20.1 Å². The molecule has 1 aliphatic heterocycles. The second-order valence-corrected chi connectivity index (χ2v) is 7.20. The van der Waals surface area contributed by atoms with Gasteiger partial charge in [-0.2, -0.15) is 0 Å². The van der Waals surface area contributed by atoms with Crippen LogP contribution in [0.15, 0.2) is 42.7 Å². The van der Waals surface area contributed by atoms with Crippen LogP contribution in [0.4, 0.5) is 11.6 Å². The molecule has 0 atom stereocenters. The smallest absolute Gasteiger partial charge is 0.270 e. The number of hydrogen-bond donors (Lipinski definition) is 2. The fraction of sp³-hybridized carbons (Fsp3) is 0.350. The van der Waals surface area contributed by atoms with Crippen LogP contribution in [0.25, 0.3) is 10.9 Å². The highest BCUT2D eigenvalue weighted by Gasteiger charge is 2.27. The molecule has 27 heavy (non-hydrogen) atoms. The van der Waals surface area contributed by atoms with Crippen LogP contribution in [-0.4, -0.2) is 58.0 Å². The summed E-state index contributed by atoms with van der Waals surface area (Å²) in [5, 5.41) is 4.52. The Hall–Kier alpha value is -3.09. The number of H-pyrrole nitrogens is 1. The molecule has 1 aliphatic carbocycles. The summed E-state index contributed by atoms with van der Waals surface area (Å²) < 4.78 is 0. The van der Waals surface area contributed by atoms with Crippen molar-refractivity contribution in [2.75, 3.05) is 36.4 Å². The first kappa shape index (κ1) is 16.1. The number of nitrogens with zero attached hydrogens (tertiary/aromatic N) is 4. The Morgan fingerprint density at radius 3 is 2.63 bits per heavy atom. The highest BCUT2D eigenvalue weighted by Crippen LogP contribution is 2.29. The summed E-state index contributed by atoms with van der Waals surface area (Å²) in [6.07, 6.45) is 5.85. The van der Waals surface area contributed by atoms with Crippen LogP contribution in [0.5, 0.6) is 0 Å². The van der Waals surface area contributed by atoms with E-state index in [9.17, 15) is 4.79 Å². The van der Waals surface area contributed by atoms with E-state index in [1.807, 2.05) is 35.2 Å². The number of aromatic amines is 1. The molecule has 5 rings (SSSR count). The monoisotopic (exact) mass is 362 g/mol. The van der Waals surface area contributed by atoms with Gasteiger partial charge in [-0.25, -0.2) is 9.97 Å². The first-order chi connectivity index (χ1) is 13.3. The Balaban J connectivity index is 1.28. The van der Waals surface area contributed by atoms with Gasteiger partial charge in [-0.15, -0.1) is 0 Å². The van der Waals surface area contributed by atoms with Crippen molar-refractivity contribution in [3.63, 3.8) is 0 Å². The van der Waals surface area contributed by atoms with Gasteiger partial charge in [0.1, 0.15) is 5.69 Å². The number of anilines is 2. The molecule has 7 nitrogen and oxygen atoms in total. The molecule has 1 saturated carbocycles. The molecule has 2 aliphatic rings. The Kier molecular flexibility index (Phi) is 3.92. The Morgan fingerprint density at radius 1 is 1.07 bits per heavy atom. The number of para-hydroxylation sites is 1. The van der Waals surface area contributed by atoms with Crippen LogP contribution in [-0.2, 0) is 0 Å². The molecule has 3 heterocycles. The normalized spacial score (nSPS) is 17.3. The SMILES string of the molecule is O=C(c1cc2ccccc2[nH]1)N1CCN(c2nccnc2NC2CC2)CC1. The predicted molar refractivity (Wildman–Crippen MR) is 105 cm³/mol. The molecule has 1 saturated heterocycles. The molecule has 0 unspecified atom stereocenters. The second kappa shape index (κ2) is 6.57. The minimum atomic E-state index is 0.0568. The molecular weight excluding hydrogens is 340 g/mol. The fourth-order valence-corrected chi connectivity index (χ4v) is 3.57. The lowest BCUT2D eigenvalue weighted by Gasteiger charge is -2.35. The van der Waals surface area contributed by atoms with Crippen LogP contribution in [0, 0.1) is 0 Å². The summed E-state index contributed by atoms with van der Waals surface area (Å²) in [4.78, 5) is 29.2. The zero-order valence-electron chi connectivity index (χ0n) is 15.1. The second-order valence-electron chi connectivity index (χ2n) is 7.20. The van der Waals surface area contributed by atoms with Gasteiger partial charge in [-0.3, -0.25) is 4.79 Å². The lowest BCUT2D eigenvalue weighted by Crippen LogP contribution is -2.49. The molecule has 0 radical (unpaired) electrons. The first-order valence-corrected chi connectivity index (χ1v) is 9.47. The molecule has 2 fully saturated rings. The number of carbonyl (C=O) groups is 1. The fourth-order valence-electron chi connectivity index (χ4n) is 3.57. The van der Waals surface area contributed by atoms with Crippen molar-refractivity contribution in [3.05, 3.63) is 48.4 Å². The van der Waals surface area contributed by atoms with Gasteiger partial charge in [0.25, 0.3) is 5.91 Å². The molecular formula is C20H22N6O. The zero-order chi connectivity index (χ0) is 18.2. The minimum Gasteiger partial charge on any atom is -0.364 e. The Morgan fingerprint density at radius 2 is 1.85 bits per heavy atom. The van der Waals surface area contributed by atoms with Crippen LogP contribution in [0.3, 0.4) is 0 Å². The number of carbonyl (C=O) groups excluding carboxylic acids is 1. The summed E-state index contributed by atoms with van der Waals surface area (Å²) in [5.41, 5.74) is 1.65. The highest BCUT2D eigenvalue weighted by atomic mass is 16.2. The van der Waals surface area contributed by atoms with Crippen molar-refractivity contribution in [1.82, 2.24) is 19.9 Å². The van der Waals surface area contributed by atoms with Gasteiger partial charge in [0, 0.05) is 55.5 Å². The van der Waals surface area contributed by atoms with E-state index in [4.69, 9.17) is 0 Å². The number of amides is 1. The number of hydrogen-bond acceptors (Lipinski definition) is 5. The maximum Gasteiger partial charge on any atom is 0.270 e. The predicted octanol–water partition coefficient (Wildman–Crippen LogP) is 2.49. The van der Waals surface area contributed by atoms with E-state index < -0.39 is 0 Å². The maximum absolute atomic E-state index is 12.9. The summed E-state index contributed by atoms with van der Waals surface area (Å²) >= 11 is 0. The standard InChI is InChI=1S/C20H22N6O/c27-20(17-13-14-3-1-2-4-16(14)24-17)26-11-9-25(10-12-26)19-18(21-7-8-22-19)23-15-5-6-15/h1-4,7-8,13,15,24H,5-6,9-12H2,(H,21,23). The zero-order valence-corrected chi connectivity index (χ0v) is 15.1. The number of fused-ring (bicyclic) bond motifs is 1. The van der Waals surface area contributed by atoms with Crippen molar-refractivity contribution in [3.8, 4) is 0 Å². The third kappa shape index (κ3) is 3.20. The van der Waals surface area contributed by atoms with Crippen LogP contribution < -0.4 is 10.2 Å². The average Bonchev–Trinajstić information content (AvgIpc) is 3.42. The van der Waals surface area contributed by atoms with Crippen LogP contribution in [0.1, 0.15) is 23.3 Å². The summed E-state index contributed by atoms with van der Waals surface area (Å²) in [6, 6.07) is 10.4. The van der Waals surface area contributed by atoms with Crippen LogP contribution in [0.2, 0.25) is 0 Å². The lowest BCUT2D eigenvalue weighted by atomic mass is 10.2. The van der Waals surface area contributed by atoms with E-state index in [2.05, 4.69) is 25.2 Å². The summed E-state index contributed by atoms with van der Waals surface area (Å²) in [7, 11) is 0. The maximum atomic E-state index is 12.9. The number of aromatic nitrogens is 3. The quantitative estimate of drug-likeness (QED) is 0.746. The van der Waals surface area contributed by atoms with Gasteiger partial charge in [0.15, 0.2) is 11.6 Å². The first-order valence-electron chi connectivity index (χ1n) is 9.47.